The van der Waals surface area contributed by atoms with Crippen LogP contribution in [0.4, 0.5) is 0 Å². The molecule has 1 aliphatic rings. The molecule has 1 saturated carbocycles. The van der Waals surface area contributed by atoms with Crippen LogP contribution >= 0.6 is 28.3 Å². The van der Waals surface area contributed by atoms with Crippen molar-refractivity contribution in [1.82, 2.24) is 4.72 Å². The minimum absolute atomic E-state index is 0. The fourth-order valence-corrected chi connectivity index (χ4v) is 4.31. The lowest BCUT2D eigenvalue weighted by atomic mass is 10.1. The van der Waals surface area contributed by atoms with Crippen molar-refractivity contribution in [2.24, 2.45) is 11.7 Å². The SMILES string of the molecule is Cl.NCC1CCCC1NS(=O)(=O)c1cccc(Br)c1. The van der Waals surface area contributed by atoms with E-state index in [0.29, 0.717) is 11.4 Å². The Hall–Kier alpha value is -0.140. The molecule has 0 saturated heterocycles. The summed E-state index contributed by atoms with van der Waals surface area (Å²) in [6.45, 7) is 0.533. The molecule has 0 aromatic heterocycles. The van der Waals surface area contributed by atoms with Crippen LogP contribution in [-0.4, -0.2) is 21.0 Å². The zero-order chi connectivity index (χ0) is 13.2. The molecule has 4 nitrogen and oxygen atoms in total. The van der Waals surface area contributed by atoms with Crippen LogP contribution < -0.4 is 10.5 Å². The quantitative estimate of drug-likeness (QED) is 0.855. The van der Waals surface area contributed by atoms with Crippen LogP contribution in [0, 0.1) is 5.92 Å². The lowest BCUT2D eigenvalue weighted by molar-refractivity contribution is 0.453. The lowest BCUT2D eigenvalue weighted by Gasteiger charge is -2.19. The molecule has 0 heterocycles. The van der Waals surface area contributed by atoms with Crippen LogP contribution in [-0.2, 0) is 10.0 Å². The third kappa shape index (κ3) is 4.16. The summed E-state index contributed by atoms with van der Waals surface area (Å²) in [4.78, 5) is 0.291. The summed E-state index contributed by atoms with van der Waals surface area (Å²) >= 11 is 3.28. The standard InChI is InChI=1S/C12H17BrN2O2S.ClH/c13-10-4-2-5-11(7-10)18(16,17)15-12-6-1-3-9(12)8-14;/h2,4-5,7,9,12,15H,1,3,6,8,14H2;1H. The fraction of sp³-hybridized carbons (Fsp3) is 0.500. The summed E-state index contributed by atoms with van der Waals surface area (Å²) in [5, 5.41) is 0. The first-order chi connectivity index (χ1) is 8.53. The molecule has 7 heteroatoms. The van der Waals surface area contributed by atoms with Gasteiger partial charge in [0.05, 0.1) is 4.90 Å². The summed E-state index contributed by atoms with van der Waals surface area (Å²) in [7, 11) is -3.44. The van der Waals surface area contributed by atoms with E-state index >= 15 is 0 Å². The van der Waals surface area contributed by atoms with E-state index in [2.05, 4.69) is 20.7 Å². The van der Waals surface area contributed by atoms with Gasteiger partial charge < -0.3 is 5.73 Å². The second kappa shape index (κ2) is 7.04. The number of benzene rings is 1. The molecule has 3 N–H and O–H groups in total. The van der Waals surface area contributed by atoms with E-state index in [1.165, 1.54) is 0 Å². The minimum atomic E-state index is -3.44. The molecule has 0 bridgehead atoms. The molecule has 0 amide bonds. The van der Waals surface area contributed by atoms with Gasteiger partial charge in [0.15, 0.2) is 0 Å². The van der Waals surface area contributed by atoms with E-state index in [1.54, 1.807) is 24.3 Å². The molecule has 19 heavy (non-hydrogen) atoms. The van der Waals surface area contributed by atoms with Crippen LogP contribution in [0.25, 0.3) is 0 Å². The Bertz CT molecular complexity index is 524. The Morgan fingerprint density at radius 2 is 2.11 bits per heavy atom. The van der Waals surface area contributed by atoms with Gasteiger partial charge in [-0.2, -0.15) is 0 Å². The Kier molecular flexibility index (Phi) is 6.26. The van der Waals surface area contributed by atoms with Crippen LogP contribution in [0.5, 0.6) is 0 Å². The normalized spacial score (nSPS) is 23.1. The van der Waals surface area contributed by atoms with Crippen LogP contribution in [0.15, 0.2) is 33.6 Å². The molecule has 1 aromatic carbocycles. The first-order valence-corrected chi connectivity index (χ1v) is 8.28. The maximum Gasteiger partial charge on any atom is 0.240 e. The maximum absolute atomic E-state index is 12.2. The fourth-order valence-electron chi connectivity index (χ4n) is 2.38. The van der Waals surface area contributed by atoms with Crippen molar-refractivity contribution >= 4 is 38.4 Å². The van der Waals surface area contributed by atoms with Gasteiger partial charge in [0.1, 0.15) is 0 Å². The first kappa shape index (κ1) is 16.9. The van der Waals surface area contributed by atoms with Crippen molar-refractivity contribution < 1.29 is 8.42 Å². The van der Waals surface area contributed by atoms with Gasteiger partial charge >= 0.3 is 0 Å². The molecule has 0 aliphatic heterocycles. The first-order valence-electron chi connectivity index (χ1n) is 6.01. The summed E-state index contributed by atoms with van der Waals surface area (Å²) in [6, 6.07) is 6.69. The average molecular weight is 370 g/mol. The summed E-state index contributed by atoms with van der Waals surface area (Å²) < 4.78 is 28.0. The molecule has 1 aromatic rings. The van der Waals surface area contributed by atoms with Gasteiger partial charge in [-0.05, 0) is 43.5 Å². The van der Waals surface area contributed by atoms with Crippen molar-refractivity contribution in [3.05, 3.63) is 28.7 Å². The van der Waals surface area contributed by atoms with Gasteiger partial charge in [-0.1, -0.05) is 28.4 Å². The highest BCUT2D eigenvalue weighted by Gasteiger charge is 2.30. The van der Waals surface area contributed by atoms with E-state index in [9.17, 15) is 8.42 Å². The Morgan fingerprint density at radius 1 is 1.37 bits per heavy atom. The van der Waals surface area contributed by atoms with E-state index in [4.69, 9.17) is 5.73 Å². The van der Waals surface area contributed by atoms with E-state index in [-0.39, 0.29) is 24.4 Å². The van der Waals surface area contributed by atoms with Crippen LogP contribution in [0.1, 0.15) is 19.3 Å². The zero-order valence-electron chi connectivity index (χ0n) is 10.4. The molecule has 2 atom stereocenters. The second-order valence-electron chi connectivity index (χ2n) is 4.61. The molecule has 108 valence electrons. The van der Waals surface area contributed by atoms with Crippen LogP contribution in [0.2, 0.25) is 0 Å². The molecule has 0 spiro atoms. The maximum atomic E-state index is 12.2. The van der Waals surface area contributed by atoms with Gasteiger partial charge in [0.25, 0.3) is 0 Å². The summed E-state index contributed by atoms with van der Waals surface area (Å²) in [5.74, 6) is 0.256. The zero-order valence-corrected chi connectivity index (χ0v) is 13.6. The number of rotatable bonds is 4. The smallest absolute Gasteiger partial charge is 0.240 e. The van der Waals surface area contributed by atoms with Crippen molar-refractivity contribution in [2.45, 2.75) is 30.2 Å². The van der Waals surface area contributed by atoms with Crippen molar-refractivity contribution in [3.63, 3.8) is 0 Å². The number of hydrogen-bond donors (Lipinski definition) is 2. The minimum Gasteiger partial charge on any atom is -0.330 e. The van der Waals surface area contributed by atoms with Gasteiger partial charge in [-0.3, -0.25) is 0 Å². The van der Waals surface area contributed by atoms with Gasteiger partial charge in [-0.25, -0.2) is 13.1 Å². The Balaban J connectivity index is 0.00000180. The van der Waals surface area contributed by atoms with Crippen molar-refractivity contribution in [3.8, 4) is 0 Å². The van der Waals surface area contributed by atoms with E-state index < -0.39 is 10.0 Å². The third-order valence-electron chi connectivity index (χ3n) is 3.37. The molecule has 2 unspecified atom stereocenters. The second-order valence-corrected chi connectivity index (χ2v) is 7.24. The number of sulfonamides is 1. The van der Waals surface area contributed by atoms with E-state index in [0.717, 1.165) is 23.7 Å². The molecular formula is C12H18BrClN2O2S. The summed E-state index contributed by atoms with van der Waals surface area (Å²) in [5.41, 5.74) is 5.66. The predicted molar refractivity (Wildman–Crippen MR) is 81.9 cm³/mol. The number of halogens is 2. The largest absolute Gasteiger partial charge is 0.330 e. The van der Waals surface area contributed by atoms with Gasteiger partial charge in [0.2, 0.25) is 10.0 Å². The van der Waals surface area contributed by atoms with E-state index in [1.807, 2.05) is 0 Å². The highest BCUT2D eigenvalue weighted by molar-refractivity contribution is 9.10. The Labute approximate surface area is 128 Å². The molecular weight excluding hydrogens is 352 g/mol. The topological polar surface area (TPSA) is 72.2 Å². The summed E-state index contributed by atoms with van der Waals surface area (Å²) in [6.07, 6.45) is 2.91. The average Bonchev–Trinajstić information content (AvgIpc) is 2.75. The van der Waals surface area contributed by atoms with Crippen LogP contribution in [0.3, 0.4) is 0 Å². The molecule has 1 fully saturated rings. The van der Waals surface area contributed by atoms with Crippen molar-refractivity contribution in [1.29, 1.82) is 0 Å². The molecule has 0 radical (unpaired) electrons. The number of nitrogens with two attached hydrogens (primary N) is 1. The highest BCUT2D eigenvalue weighted by atomic mass is 79.9. The number of hydrogen-bond acceptors (Lipinski definition) is 3. The highest BCUT2D eigenvalue weighted by Crippen LogP contribution is 2.26. The Morgan fingerprint density at radius 3 is 2.74 bits per heavy atom. The molecule has 1 aliphatic carbocycles. The van der Waals surface area contributed by atoms with Crippen molar-refractivity contribution in [2.75, 3.05) is 6.54 Å². The van der Waals surface area contributed by atoms with Gasteiger partial charge in [0, 0.05) is 10.5 Å². The third-order valence-corrected chi connectivity index (χ3v) is 5.36. The number of nitrogens with one attached hydrogen (secondary N) is 1. The van der Waals surface area contributed by atoms with Gasteiger partial charge in [-0.15, -0.1) is 12.4 Å². The lowest BCUT2D eigenvalue weighted by Crippen LogP contribution is -2.39. The predicted octanol–water partition coefficient (Wildman–Crippen LogP) is 2.28. The molecule has 2 rings (SSSR count). The monoisotopic (exact) mass is 368 g/mol.